The Balaban J connectivity index is 1.37. The lowest BCUT2D eigenvalue weighted by Crippen LogP contribution is -2.27. The predicted molar refractivity (Wildman–Crippen MR) is 109 cm³/mol. The van der Waals surface area contributed by atoms with E-state index in [1.54, 1.807) is 6.20 Å². The second kappa shape index (κ2) is 7.80. The maximum atomic E-state index is 12.6. The van der Waals surface area contributed by atoms with Gasteiger partial charge in [0, 0.05) is 42.8 Å². The van der Waals surface area contributed by atoms with E-state index in [2.05, 4.69) is 39.4 Å². The molecule has 7 nitrogen and oxygen atoms in total. The third-order valence-electron chi connectivity index (χ3n) is 5.06. The Labute approximate surface area is 164 Å². The summed E-state index contributed by atoms with van der Waals surface area (Å²) in [5.41, 5.74) is 2.96. The van der Waals surface area contributed by atoms with Crippen LogP contribution in [0.5, 0.6) is 0 Å². The summed E-state index contributed by atoms with van der Waals surface area (Å²) in [6, 6.07) is 12.0. The molecular formula is C21H24N6O. The van der Waals surface area contributed by atoms with Crippen LogP contribution in [0.25, 0.3) is 11.1 Å². The van der Waals surface area contributed by atoms with E-state index in [9.17, 15) is 4.79 Å². The normalized spacial score (nSPS) is 16.5. The fourth-order valence-corrected chi connectivity index (χ4v) is 3.40. The zero-order chi connectivity index (χ0) is 19.5. The first-order valence-corrected chi connectivity index (χ1v) is 9.58. The third-order valence-corrected chi connectivity index (χ3v) is 5.06. The van der Waals surface area contributed by atoms with Crippen molar-refractivity contribution in [3.8, 4) is 11.1 Å². The molecule has 3 aromatic rings. The Hall–Kier alpha value is -3.22. The number of nitrogens with zero attached hydrogens (tertiary/aromatic N) is 5. The molecule has 0 bridgehead atoms. The van der Waals surface area contributed by atoms with Gasteiger partial charge in [-0.2, -0.15) is 10.2 Å². The first-order chi connectivity index (χ1) is 13.6. The number of hydrogen-bond donors (Lipinski definition) is 1. The highest BCUT2D eigenvalue weighted by molar-refractivity contribution is 5.93. The van der Waals surface area contributed by atoms with E-state index in [4.69, 9.17) is 0 Å². The quantitative estimate of drug-likeness (QED) is 0.739. The van der Waals surface area contributed by atoms with Crippen molar-refractivity contribution in [1.29, 1.82) is 0 Å². The van der Waals surface area contributed by atoms with Crippen LogP contribution in [0.4, 0.5) is 11.5 Å². The van der Waals surface area contributed by atoms with Gasteiger partial charge in [0.25, 0.3) is 0 Å². The summed E-state index contributed by atoms with van der Waals surface area (Å²) >= 11 is 0. The van der Waals surface area contributed by atoms with Gasteiger partial charge in [-0.15, -0.1) is 5.10 Å². The molecule has 1 atom stereocenters. The first kappa shape index (κ1) is 18.2. The van der Waals surface area contributed by atoms with Crippen molar-refractivity contribution in [3.63, 3.8) is 0 Å². The molecule has 0 aliphatic carbocycles. The topological polar surface area (TPSA) is 75.9 Å². The van der Waals surface area contributed by atoms with Crippen LogP contribution in [-0.4, -0.2) is 39.0 Å². The van der Waals surface area contributed by atoms with Crippen LogP contribution in [0.15, 0.2) is 55.0 Å². The van der Waals surface area contributed by atoms with Crippen molar-refractivity contribution in [1.82, 2.24) is 20.0 Å². The smallest absolute Gasteiger partial charge is 0.229 e. The van der Waals surface area contributed by atoms with E-state index in [0.29, 0.717) is 12.6 Å². The molecule has 3 heterocycles. The zero-order valence-electron chi connectivity index (χ0n) is 16.1. The van der Waals surface area contributed by atoms with Crippen LogP contribution in [0, 0.1) is 5.92 Å². The Bertz CT molecular complexity index is 935. The maximum absolute atomic E-state index is 12.6. The minimum atomic E-state index is -0.0500. The second-order valence-corrected chi connectivity index (χ2v) is 7.38. The average molecular weight is 376 g/mol. The number of aromatic nitrogens is 4. The average Bonchev–Trinajstić information content (AvgIpc) is 3.39. The highest BCUT2D eigenvalue weighted by Crippen LogP contribution is 2.25. The van der Waals surface area contributed by atoms with Gasteiger partial charge in [-0.1, -0.05) is 12.1 Å². The summed E-state index contributed by atoms with van der Waals surface area (Å²) in [4.78, 5) is 14.7. The van der Waals surface area contributed by atoms with Gasteiger partial charge in [0.2, 0.25) is 5.91 Å². The fraction of sp³-hybridized carbons (Fsp3) is 0.333. The van der Waals surface area contributed by atoms with Crippen molar-refractivity contribution in [3.05, 3.63) is 55.0 Å². The molecule has 144 valence electrons. The van der Waals surface area contributed by atoms with Crippen LogP contribution in [-0.2, 0) is 4.79 Å². The highest BCUT2D eigenvalue weighted by atomic mass is 16.1. The summed E-state index contributed by atoms with van der Waals surface area (Å²) in [6.45, 7) is 5.68. The van der Waals surface area contributed by atoms with Crippen LogP contribution < -0.4 is 10.2 Å². The van der Waals surface area contributed by atoms with Crippen LogP contribution in [0.3, 0.4) is 0 Å². The molecular weight excluding hydrogens is 352 g/mol. The highest BCUT2D eigenvalue weighted by Gasteiger charge is 2.29. The number of nitrogens with one attached hydrogen (secondary N) is 1. The molecule has 0 saturated carbocycles. The summed E-state index contributed by atoms with van der Waals surface area (Å²) in [5, 5.41) is 15.5. The Kier molecular flexibility index (Phi) is 5.06. The lowest BCUT2D eigenvalue weighted by Gasteiger charge is -2.16. The van der Waals surface area contributed by atoms with E-state index < -0.39 is 0 Å². The Morgan fingerprint density at radius 2 is 2.00 bits per heavy atom. The van der Waals surface area contributed by atoms with Crippen LogP contribution in [0.2, 0.25) is 0 Å². The lowest BCUT2D eigenvalue weighted by molar-refractivity contribution is -0.119. The predicted octanol–water partition coefficient (Wildman–Crippen LogP) is 3.39. The molecule has 2 aromatic heterocycles. The first-order valence-electron chi connectivity index (χ1n) is 9.58. The largest absolute Gasteiger partial charge is 0.354 e. The second-order valence-electron chi connectivity index (χ2n) is 7.38. The summed E-state index contributed by atoms with van der Waals surface area (Å²) in [7, 11) is 0. The Morgan fingerprint density at radius 1 is 1.18 bits per heavy atom. The fourth-order valence-electron chi connectivity index (χ4n) is 3.40. The van der Waals surface area contributed by atoms with Gasteiger partial charge in [-0.25, -0.2) is 0 Å². The maximum Gasteiger partial charge on any atom is 0.229 e. The summed E-state index contributed by atoms with van der Waals surface area (Å²) in [5.74, 6) is 0.821. The molecule has 1 aromatic carbocycles. The molecule has 0 spiro atoms. The summed E-state index contributed by atoms with van der Waals surface area (Å²) < 4.78 is 1.94. The van der Waals surface area contributed by atoms with Gasteiger partial charge in [0.1, 0.15) is 0 Å². The van der Waals surface area contributed by atoms with Crippen LogP contribution in [0.1, 0.15) is 26.3 Å². The van der Waals surface area contributed by atoms with Crippen LogP contribution >= 0.6 is 0 Å². The van der Waals surface area contributed by atoms with E-state index in [0.717, 1.165) is 35.6 Å². The van der Waals surface area contributed by atoms with Crippen molar-refractivity contribution in [2.45, 2.75) is 26.3 Å². The number of benzene rings is 1. The molecule has 1 aliphatic rings. The lowest BCUT2D eigenvalue weighted by atomic mass is 10.1. The van der Waals surface area contributed by atoms with Crippen molar-refractivity contribution in [2.24, 2.45) is 5.92 Å². The Morgan fingerprint density at radius 3 is 2.68 bits per heavy atom. The molecule has 1 aliphatic heterocycles. The molecule has 0 radical (unpaired) electrons. The summed E-state index contributed by atoms with van der Waals surface area (Å²) in [6.07, 6.45) is 6.38. The number of carbonyl (C=O) groups excluding carboxylic acids is 1. The van der Waals surface area contributed by atoms with Gasteiger partial charge >= 0.3 is 0 Å². The standard InChI is InChI=1S/C21H24N6O/c1-15(2)27-14-18(12-23-27)16-5-7-19(8-6-16)24-21(28)17-9-11-26(13-17)20-4-3-10-22-25-20/h3-8,10,12,14-15,17H,9,11,13H2,1-2H3,(H,24,28)/t17-/m0/s1. The third kappa shape index (κ3) is 3.88. The van der Waals surface area contributed by atoms with Crippen molar-refractivity contribution in [2.75, 3.05) is 23.3 Å². The minimum absolute atomic E-state index is 0.0479. The van der Waals surface area contributed by atoms with Gasteiger partial charge in [-0.05, 0) is 50.1 Å². The van der Waals surface area contributed by atoms with Crippen molar-refractivity contribution >= 4 is 17.4 Å². The van der Waals surface area contributed by atoms with E-state index >= 15 is 0 Å². The zero-order valence-corrected chi connectivity index (χ0v) is 16.1. The van der Waals surface area contributed by atoms with Crippen molar-refractivity contribution < 1.29 is 4.79 Å². The van der Waals surface area contributed by atoms with E-state index in [-0.39, 0.29) is 11.8 Å². The van der Waals surface area contributed by atoms with E-state index in [1.807, 2.05) is 53.5 Å². The number of anilines is 2. The number of hydrogen-bond acceptors (Lipinski definition) is 5. The molecule has 1 fully saturated rings. The molecule has 28 heavy (non-hydrogen) atoms. The van der Waals surface area contributed by atoms with E-state index in [1.165, 1.54) is 0 Å². The number of rotatable bonds is 5. The molecule has 4 rings (SSSR count). The minimum Gasteiger partial charge on any atom is -0.354 e. The molecule has 0 unspecified atom stereocenters. The molecule has 1 amide bonds. The molecule has 7 heteroatoms. The van der Waals surface area contributed by atoms with Gasteiger partial charge in [0.05, 0.1) is 12.1 Å². The molecule has 1 N–H and O–H groups in total. The monoisotopic (exact) mass is 376 g/mol. The van der Waals surface area contributed by atoms with Gasteiger partial charge in [0.15, 0.2) is 5.82 Å². The molecule has 1 saturated heterocycles. The number of carbonyl (C=O) groups is 1. The van der Waals surface area contributed by atoms with Gasteiger partial charge < -0.3 is 10.2 Å². The number of amides is 1. The van der Waals surface area contributed by atoms with Gasteiger partial charge in [-0.3, -0.25) is 9.48 Å². The SMILES string of the molecule is CC(C)n1cc(-c2ccc(NC(=O)[C@H]3CCN(c4cccnn4)C3)cc2)cn1.